The maximum Gasteiger partial charge on any atom is 0.281 e. The van der Waals surface area contributed by atoms with E-state index >= 15 is 0 Å². The molecule has 0 aliphatic carbocycles. The second-order valence-electron chi connectivity index (χ2n) is 5.35. The van der Waals surface area contributed by atoms with Gasteiger partial charge in [-0.1, -0.05) is 11.6 Å². The highest BCUT2D eigenvalue weighted by atomic mass is 35.5. The Morgan fingerprint density at radius 1 is 1.20 bits per heavy atom. The lowest BCUT2D eigenvalue weighted by Crippen LogP contribution is -2.19. The molecule has 0 amide bonds. The van der Waals surface area contributed by atoms with Crippen LogP contribution >= 0.6 is 11.6 Å². The molecule has 0 bridgehead atoms. The van der Waals surface area contributed by atoms with E-state index in [0.29, 0.717) is 33.4 Å². The molecule has 1 aromatic carbocycles. The van der Waals surface area contributed by atoms with Crippen LogP contribution in [0.1, 0.15) is 11.3 Å². The molecule has 4 aromatic rings. The fourth-order valence-electron chi connectivity index (χ4n) is 2.38. The number of hydrogen-bond donors (Lipinski definition) is 1. The van der Waals surface area contributed by atoms with Crippen molar-refractivity contribution in [1.82, 2.24) is 29.6 Å². The fourth-order valence-corrected chi connectivity index (χ4v) is 2.50. The molecule has 25 heavy (non-hydrogen) atoms. The summed E-state index contributed by atoms with van der Waals surface area (Å²) in [5.41, 5.74) is 2.22. The lowest BCUT2D eigenvalue weighted by molar-refractivity contribution is 0.765. The SMILES string of the molecule is Cc1[nH]n(-c2ccc3nncn3n2)c(=O)c1C=Nc1ccc(Cl)cc1. The number of benzene rings is 1. The topological polar surface area (TPSA) is 93.2 Å². The molecule has 0 fully saturated rings. The Balaban J connectivity index is 1.73. The van der Waals surface area contributed by atoms with Gasteiger partial charge in [-0.15, -0.1) is 15.3 Å². The quantitative estimate of drug-likeness (QED) is 0.572. The highest BCUT2D eigenvalue weighted by Crippen LogP contribution is 2.16. The highest BCUT2D eigenvalue weighted by Gasteiger charge is 2.12. The second-order valence-corrected chi connectivity index (χ2v) is 5.79. The van der Waals surface area contributed by atoms with Crippen LogP contribution in [0.4, 0.5) is 5.69 Å². The van der Waals surface area contributed by atoms with Gasteiger partial charge in [-0.3, -0.25) is 14.9 Å². The summed E-state index contributed by atoms with van der Waals surface area (Å²) in [6.07, 6.45) is 3.01. The minimum Gasteiger partial charge on any atom is -0.293 e. The van der Waals surface area contributed by atoms with Crippen molar-refractivity contribution in [3.05, 3.63) is 69.4 Å². The summed E-state index contributed by atoms with van der Waals surface area (Å²) in [4.78, 5) is 17.0. The van der Waals surface area contributed by atoms with Gasteiger partial charge in [0.05, 0.1) is 11.3 Å². The zero-order chi connectivity index (χ0) is 17.4. The number of fused-ring (bicyclic) bond motifs is 1. The molecule has 0 saturated heterocycles. The zero-order valence-electron chi connectivity index (χ0n) is 13.1. The van der Waals surface area contributed by atoms with Crippen LogP contribution in [0.2, 0.25) is 5.02 Å². The van der Waals surface area contributed by atoms with Crippen LogP contribution in [-0.4, -0.2) is 35.8 Å². The summed E-state index contributed by atoms with van der Waals surface area (Å²) < 4.78 is 2.86. The largest absolute Gasteiger partial charge is 0.293 e. The third-order valence-electron chi connectivity index (χ3n) is 3.66. The van der Waals surface area contributed by atoms with Crippen molar-refractivity contribution in [2.45, 2.75) is 6.92 Å². The summed E-state index contributed by atoms with van der Waals surface area (Å²) >= 11 is 5.86. The fraction of sp³-hybridized carbons (Fsp3) is 0.0625. The molecule has 124 valence electrons. The molecule has 4 rings (SSSR count). The van der Waals surface area contributed by atoms with E-state index in [1.54, 1.807) is 43.3 Å². The summed E-state index contributed by atoms with van der Waals surface area (Å²) in [6, 6.07) is 10.5. The number of halogens is 1. The number of nitrogens with one attached hydrogen (secondary N) is 1. The van der Waals surface area contributed by atoms with E-state index in [0.717, 1.165) is 0 Å². The maximum absolute atomic E-state index is 12.7. The molecule has 0 saturated carbocycles. The minimum absolute atomic E-state index is 0.241. The standard InChI is InChI=1S/C16H12ClN7O/c1-10-13(8-18-12-4-2-11(17)3-5-12)16(25)24(21-10)15-7-6-14-20-19-9-23(14)22-15/h2-9,21H,1H3. The Labute approximate surface area is 146 Å². The van der Waals surface area contributed by atoms with E-state index in [9.17, 15) is 4.79 Å². The van der Waals surface area contributed by atoms with Gasteiger partial charge in [0.2, 0.25) is 0 Å². The average molecular weight is 354 g/mol. The van der Waals surface area contributed by atoms with Gasteiger partial charge < -0.3 is 0 Å². The minimum atomic E-state index is -0.241. The lowest BCUT2D eigenvalue weighted by atomic mass is 10.3. The predicted molar refractivity (Wildman–Crippen MR) is 94.2 cm³/mol. The molecule has 0 spiro atoms. The first kappa shape index (κ1) is 15.3. The number of aromatic amines is 1. The van der Waals surface area contributed by atoms with Gasteiger partial charge >= 0.3 is 0 Å². The number of nitrogens with zero attached hydrogens (tertiary/aromatic N) is 6. The summed E-state index contributed by atoms with van der Waals surface area (Å²) in [5, 5.41) is 15.6. The molecule has 8 nitrogen and oxygen atoms in total. The first-order valence-corrected chi connectivity index (χ1v) is 7.78. The molecule has 0 aliphatic rings. The van der Waals surface area contributed by atoms with Gasteiger partial charge in [0.25, 0.3) is 5.56 Å². The Hall–Kier alpha value is -3.26. The molecule has 3 aromatic heterocycles. The van der Waals surface area contributed by atoms with Gasteiger partial charge in [0.1, 0.15) is 6.33 Å². The number of aryl methyl sites for hydroxylation is 1. The Bertz CT molecular complexity index is 1140. The average Bonchev–Trinajstić information content (AvgIpc) is 3.19. The second kappa shape index (κ2) is 5.99. The van der Waals surface area contributed by atoms with Gasteiger partial charge in [0.15, 0.2) is 11.5 Å². The number of rotatable bonds is 3. The maximum atomic E-state index is 12.7. The van der Waals surface area contributed by atoms with Crippen molar-refractivity contribution in [2.24, 2.45) is 4.99 Å². The van der Waals surface area contributed by atoms with Crippen molar-refractivity contribution in [1.29, 1.82) is 0 Å². The van der Waals surface area contributed by atoms with Crippen molar-refractivity contribution in [3.63, 3.8) is 0 Å². The molecular weight excluding hydrogens is 342 g/mol. The van der Waals surface area contributed by atoms with E-state index in [1.165, 1.54) is 21.7 Å². The summed E-state index contributed by atoms with van der Waals surface area (Å²) in [6.45, 7) is 1.80. The van der Waals surface area contributed by atoms with Crippen molar-refractivity contribution in [2.75, 3.05) is 0 Å². The Kier molecular flexibility index (Phi) is 3.66. The molecule has 3 heterocycles. The van der Waals surface area contributed by atoms with Crippen molar-refractivity contribution in [3.8, 4) is 5.82 Å². The van der Waals surface area contributed by atoms with E-state index in [2.05, 4.69) is 25.4 Å². The zero-order valence-corrected chi connectivity index (χ0v) is 13.8. The van der Waals surface area contributed by atoms with E-state index in [1.807, 2.05) is 0 Å². The molecule has 9 heteroatoms. The van der Waals surface area contributed by atoms with E-state index in [-0.39, 0.29) is 5.56 Å². The number of H-pyrrole nitrogens is 1. The molecular formula is C16H12ClN7O. The Morgan fingerprint density at radius 2 is 2.00 bits per heavy atom. The van der Waals surface area contributed by atoms with E-state index in [4.69, 9.17) is 11.6 Å². The highest BCUT2D eigenvalue weighted by molar-refractivity contribution is 6.30. The lowest BCUT2D eigenvalue weighted by Gasteiger charge is -2.00. The molecule has 0 aliphatic heterocycles. The van der Waals surface area contributed by atoms with Crippen LogP contribution < -0.4 is 5.56 Å². The van der Waals surface area contributed by atoms with Gasteiger partial charge in [0, 0.05) is 16.9 Å². The predicted octanol–water partition coefficient (Wildman–Crippen LogP) is 2.32. The third-order valence-corrected chi connectivity index (χ3v) is 3.92. The van der Waals surface area contributed by atoms with Crippen LogP contribution in [0.5, 0.6) is 0 Å². The van der Waals surface area contributed by atoms with E-state index < -0.39 is 0 Å². The number of hydrogen-bond acceptors (Lipinski definition) is 5. The Morgan fingerprint density at radius 3 is 2.80 bits per heavy atom. The van der Waals surface area contributed by atoms with Crippen LogP contribution in [0, 0.1) is 6.92 Å². The first-order valence-electron chi connectivity index (χ1n) is 7.40. The smallest absolute Gasteiger partial charge is 0.281 e. The molecule has 0 unspecified atom stereocenters. The molecule has 0 radical (unpaired) electrons. The third kappa shape index (κ3) is 2.83. The molecule has 0 atom stereocenters. The normalized spacial score (nSPS) is 11.6. The van der Waals surface area contributed by atoms with Crippen molar-refractivity contribution >= 4 is 29.2 Å². The number of aromatic nitrogens is 6. The summed E-state index contributed by atoms with van der Waals surface area (Å²) in [5.74, 6) is 0.437. The van der Waals surface area contributed by atoms with Crippen LogP contribution in [0.25, 0.3) is 11.5 Å². The first-order chi connectivity index (χ1) is 12.1. The monoisotopic (exact) mass is 353 g/mol. The molecule has 1 N–H and O–H groups in total. The van der Waals surface area contributed by atoms with Gasteiger partial charge in [-0.2, -0.15) is 9.20 Å². The van der Waals surface area contributed by atoms with Crippen LogP contribution in [0.3, 0.4) is 0 Å². The number of aliphatic imine (C=N–C) groups is 1. The van der Waals surface area contributed by atoms with Gasteiger partial charge in [-0.25, -0.2) is 0 Å². The van der Waals surface area contributed by atoms with Crippen molar-refractivity contribution < 1.29 is 0 Å². The van der Waals surface area contributed by atoms with Gasteiger partial charge in [-0.05, 0) is 43.3 Å². The van der Waals surface area contributed by atoms with Crippen LogP contribution in [-0.2, 0) is 0 Å². The van der Waals surface area contributed by atoms with Crippen LogP contribution in [0.15, 0.2) is 52.5 Å². The summed E-state index contributed by atoms with van der Waals surface area (Å²) in [7, 11) is 0.